The summed E-state index contributed by atoms with van der Waals surface area (Å²) in [4.78, 5) is 30.1. The zero-order chi connectivity index (χ0) is 33.4. The lowest BCUT2D eigenvalue weighted by Gasteiger charge is -2.34. The van der Waals surface area contributed by atoms with Gasteiger partial charge < -0.3 is 15.0 Å². The number of ether oxygens (including phenoxy) is 1. The second-order valence-electron chi connectivity index (χ2n) is 11.8. The first-order valence-electron chi connectivity index (χ1n) is 15.8. The van der Waals surface area contributed by atoms with Crippen molar-refractivity contribution >= 4 is 27.5 Å². The number of hydrogen-bond acceptors (Lipinski definition) is 5. The van der Waals surface area contributed by atoms with Gasteiger partial charge >= 0.3 is 0 Å². The molecule has 1 aliphatic rings. The SMILES string of the molecule is COc1ccc(S(=O)(=O)N(CC(=O)N(Cc2ccccc2C)[C@H](Cc2ccccc2)C(=O)NC2CCCC2)c2ccc(F)cc2)cc1. The van der Waals surface area contributed by atoms with Gasteiger partial charge in [0.2, 0.25) is 11.8 Å². The summed E-state index contributed by atoms with van der Waals surface area (Å²) in [6.07, 6.45) is 4.02. The molecule has 0 saturated heterocycles. The molecule has 1 aliphatic carbocycles. The van der Waals surface area contributed by atoms with Crippen LogP contribution in [-0.2, 0) is 32.6 Å². The highest BCUT2D eigenvalue weighted by Gasteiger charge is 2.35. The second kappa shape index (κ2) is 15.3. The normalized spacial score (nSPS) is 13.9. The molecule has 47 heavy (non-hydrogen) atoms. The molecule has 2 amide bonds. The Labute approximate surface area is 276 Å². The third kappa shape index (κ3) is 8.37. The second-order valence-corrected chi connectivity index (χ2v) is 13.7. The van der Waals surface area contributed by atoms with Gasteiger partial charge in [-0.25, -0.2) is 12.8 Å². The molecule has 10 heteroatoms. The number of amides is 2. The Hall–Kier alpha value is -4.70. The molecule has 4 aromatic carbocycles. The predicted molar refractivity (Wildman–Crippen MR) is 180 cm³/mol. The summed E-state index contributed by atoms with van der Waals surface area (Å²) >= 11 is 0. The van der Waals surface area contributed by atoms with Crippen molar-refractivity contribution in [3.63, 3.8) is 0 Å². The smallest absolute Gasteiger partial charge is 0.264 e. The van der Waals surface area contributed by atoms with Crippen LogP contribution in [0.5, 0.6) is 5.75 Å². The molecule has 0 bridgehead atoms. The Morgan fingerprint density at radius 1 is 0.894 bits per heavy atom. The number of anilines is 1. The van der Waals surface area contributed by atoms with Crippen molar-refractivity contribution in [2.45, 2.75) is 62.6 Å². The number of methoxy groups -OCH3 is 1. The van der Waals surface area contributed by atoms with Crippen molar-refractivity contribution in [1.82, 2.24) is 10.2 Å². The molecule has 0 aromatic heterocycles. The van der Waals surface area contributed by atoms with Crippen LogP contribution in [0.3, 0.4) is 0 Å². The predicted octanol–water partition coefficient (Wildman–Crippen LogP) is 6.04. The lowest BCUT2D eigenvalue weighted by Crippen LogP contribution is -2.54. The number of aryl methyl sites for hydroxylation is 1. The first kappa shape index (κ1) is 33.7. The topological polar surface area (TPSA) is 96.0 Å². The fourth-order valence-corrected chi connectivity index (χ4v) is 7.32. The monoisotopic (exact) mass is 657 g/mol. The highest BCUT2D eigenvalue weighted by Crippen LogP contribution is 2.27. The van der Waals surface area contributed by atoms with Crippen LogP contribution in [0.1, 0.15) is 42.4 Å². The molecule has 1 N–H and O–H groups in total. The third-order valence-corrected chi connectivity index (χ3v) is 10.4. The molecule has 1 fully saturated rings. The molecule has 1 atom stereocenters. The Kier molecular flexibility index (Phi) is 10.9. The van der Waals surface area contributed by atoms with E-state index in [0.29, 0.717) is 5.75 Å². The maximum Gasteiger partial charge on any atom is 0.264 e. The largest absolute Gasteiger partial charge is 0.497 e. The highest BCUT2D eigenvalue weighted by molar-refractivity contribution is 7.92. The van der Waals surface area contributed by atoms with Gasteiger partial charge in [-0.1, -0.05) is 67.4 Å². The summed E-state index contributed by atoms with van der Waals surface area (Å²) in [6, 6.07) is 26.9. The van der Waals surface area contributed by atoms with Gasteiger partial charge in [-0.15, -0.1) is 0 Å². The molecule has 0 radical (unpaired) electrons. The molecular weight excluding hydrogens is 617 g/mol. The third-order valence-electron chi connectivity index (χ3n) is 8.62. The Balaban J connectivity index is 1.56. The van der Waals surface area contributed by atoms with E-state index in [0.717, 1.165) is 58.8 Å². The lowest BCUT2D eigenvalue weighted by molar-refractivity contribution is -0.140. The Bertz CT molecular complexity index is 1760. The van der Waals surface area contributed by atoms with Crippen LogP contribution in [0, 0.1) is 12.7 Å². The van der Waals surface area contributed by atoms with Crippen molar-refractivity contribution in [1.29, 1.82) is 0 Å². The lowest BCUT2D eigenvalue weighted by atomic mass is 10.0. The molecule has 4 aromatic rings. The van der Waals surface area contributed by atoms with Gasteiger partial charge in [-0.3, -0.25) is 13.9 Å². The van der Waals surface area contributed by atoms with Gasteiger partial charge in [0.1, 0.15) is 24.2 Å². The minimum absolute atomic E-state index is 0.0161. The number of halogens is 1. The van der Waals surface area contributed by atoms with Crippen molar-refractivity contribution in [3.8, 4) is 5.75 Å². The summed E-state index contributed by atoms with van der Waals surface area (Å²) in [5.74, 6) is -0.935. The van der Waals surface area contributed by atoms with Gasteiger partial charge in [-0.2, -0.15) is 0 Å². The van der Waals surface area contributed by atoms with Crippen LogP contribution in [0.25, 0.3) is 0 Å². The molecule has 0 heterocycles. The molecule has 246 valence electrons. The quantitative estimate of drug-likeness (QED) is 0.189. The van der Waals surface area contributed by atoms with E-state index in [1.165, 1.54) is 48.4 Å². The van der Waals surface area contributed by atoms with Gasteiger partial charge in [0, 0.05) is 19.0 Å². The maximum atomic E-state index is 14.6. The maximum absolute atomic E-state index is 14.6. The summed E-state index contributed by atoms with van der Waals surface area (Å²) < 4.78 is 48.5. The van der Waals surface area contributed by atoms with E-state index < -0.39 is 34.3 Å². The van der Waals surface area contributed by atoms with E-state index in [-0.39, 0.29) is 35.5 Å². The number of carbonyl (C=O) groups excluding carboxylic acids is 2. The molecule has 0 aliphatic heterocycles. The number of benzene rings is 4. The number of nitrogens with one attached hydrogen (secondary N) is 1. The van der Waals surface area contributed by atoms with Crippen molar-refractivity contribution in [2.75, 3.05) is 18.0 Å². The fourth-order valence-electron chi connectivity index (χ4n) is 5.90. The average molecular weight is 658 g/mol. The van der Waals surface area contributed by atoms with Crippen LogP contribution in [-0.4, -0.2) is 50.9 Å². The summed E-state index contributed by atoms with van der Waals surface area (Å²) in [5, 5.41) is 3.17. The molecule has 8 nitrogen and oxygen atoms in total. The van der Waals surface area contributed by atoms with Gasteiger partial charge in [-0.05, 0) is 85.0 Å². The number of rotatable bonds is 13. The summed E-state index contributed by atoms with van der Waals surface area (Å²) in [6.45, 7) is 1.40. The Morgan fingerprint density at radius 3 is 2.17 bits per heavy atom. The number of carbonyl (C=O) groups is 2. The molecule has 5 rings (SSSR count). The Morgan fingerprint density at radius 2 is 1.53 bits per heavy atom. The first-order valence-corrected chi connectivity index (χ1v) is 17.2. The fraction of sp³-hybridized carbons (Fsp3) is 0.297. The van der Waals surface area contributed by atoms with Crippen LogP contribution in [0.15, 0.2) is 108 Å². The molecule has 0 unspecified atom stereocenters. The zero-order valence-electron chi connectivity index (χ0n) is 26.6. The van der Waals surface area contributed by atoms with Crippen molar-refractivity contribution in [2.24, 2.45) is 0 Å². The summed E-state index contributed by atoms with van der Waals surface area (Å²) in [7, 11) is -2.84. The van der Waals surface area contributed by atoms with Crippen LogP contribution in [0.2, 0.25) is 0 Å². The first-order chi connectivity index (χ1) is 22.7. The van der Waals surface area contributed by atoms with Crippen LogP contribution < -0.4 is 14.4 Å². The highest BCUT2D eigenvalue weighted by atomic mass is 32.2. The molecule has 1 saturated carbocycles. The van der Waals surface area contributed by atoms with Gasteiger partial charge in [0.05, 0.1) is 17.7 Å². The van der Waals surface area contributed by atoms with Gasteiger partial charge in [0.25, 0.3) is 10.0 Å². The van der Waals surface area contributed by atoms with Crippen LogP contribution in [0.4, 0.5) is 10.1 Å². The number of hydrogen-bond donors (Lipinski definition) is 1. The minimum atomic E-state index is -4.32. The van der Waals surface area contributed by atoms with E-state index in [1.54, 1.807) is 0 Å². The number of nitrogens with zero attached hydrogens (tertiary/aromatic N) is 2. The van der Waals surface area contributed by atoms with Crippen LogP contribution >= 0.6 is 0 Å². The van der Waals surface area contributed by atoms with Gasteiger partial charge in [0.15, 0.2) is 0 Å². The minimum Gasteiger partial charge on any atom is -0.497 e. The summed E-state index contributed by atoms with van der Waals surface area (Å²) in [5.41, 5.74) is 2.74. The van der Waals surface area contributed by atoms with E-state index in [2.05, 4.69) is 5.32 Å². The van der Waals surface area contributed by atoms with E-state index in [1.807, 2.05) is 61.5 Å². The van der Waals surface area contributed by atoms with Crippen molar-refractivity contribution in [3.05, 3.63) is 126 Å². The number of sulfonamides is 1. The standard InChI is InChI=1S/C37H40FN3O5S/c1-27-10-6-7-13-29(27)25-40(35(24-28-11-4-3-5-12-28)37(43)39-31-14-8-9-15-31)36(42)26-41(32-18-16-30(38)17-19-32)47(44,45)34-22-20-33(46-2)21-23-34/h3-7,10-13,16-23,31,35H,8-9,14-15,24-26H2,1-2H3,(H,39,43)/t35-/m1/s1. The molecular formula is C37H40FN3O5S. The average Bonchev–Trinajstić information content (AvgIpc) is 3.60. The van der Waals surface area contributed by atoms with E-state index >= 15 is 0 Å². The van der Waals surface area contributed by atoms with E-state index in [4.69, 9.17) is 4.74 Å². The van der Waals surface area contributed by atoms with E-state index in [9.17, 15) is 22.4 Å². The zero-order valence-corrected chi connectivity index (χ0v) is 27.5. The molecule has 0 spiro atoms. The van der Waals surface area contributed by atoms with Crippen molar-refractivity contribution < 1.29 is 27.1 Å².